The summed E-state index contributed by atoms with van der Waals surface area (Å²) >= 11 is 0. The molecule has 0 spiro atoms. The molecule has 0 bridgehead atoms. The molecule has 1 atom stereocenters. The number of amides is 1. The van der Waals surface area contributed by atoms with Crippen LogP contribution in [0.3, 0.4) is 0 Å². The Morgan fingerprint density at radius 1 is 1.27 bits per heavy atom. The molecule has 0 aromatic carbocycles. The number of aliphatic hydroxyl groups excluding tert-OH is 1. The fourth-order valence-corrected chi connectivity index (χ4v) is 1.62. The Bertz CT molecular complexity index is 154. The van der Waals surface area contributed by atoms with Gasteiger partial charge in [0.25, 0.3) is 0 Å². The number of aliphatic hydroxyl groups is 1. The van der Waals surface area contributed by atoms with E-state index in [1.54, 1.807) is 0 Å². The van der Waals surface area contributed by atoms with Crippen LogP contribution >= 0.6 is 0 Å². The standard InChI is InChI=1S/C12H25NO2/c1-3-5-7-12(15)13-10-11(6-4-2)8-9-14/h11,14H,3-10H2,1-2H3,(H,13,15). The summed E-state index contributed by atoms with van der Waals surface area (Å²) in [4.78, 5) is 11.3. The zero-order chi connectivity index (χ0) is 11.5. The van der Waals surface area contributed by atoms with Crippen molar-refractivity contribution < 1.29 is 9.90 Å². The van der Waals surface area contributed by atoms with Crippen molar-refractivity contribution in [3.8, 4) is 0 Å². The summed E-state index contributed by atoms with van der Waals surface area (Å²) in [5, 5.41) is 11.8. The molecule has 0 aromatic heterocycles. The van der Waals surface area contributed by atoms with Crippen LogP contribution in [0.25, 0.3) is 0 Å². The summed E-state index contributed by atoms with van der Waals surface area (Å²) < 4.78 is 0. The van der Waals surface area contributed by atoms with Crippen molar-refractivity contribution in [1.29, 1.82) is 0 Å². The first-order chi connectivity index (χ1) is 7.24. The highest BCUT2D eigenvalue weighted by atomic mass is 16.3. The first-order valence-corrected chi connectivity index (χ1v) is 6.12. The third-order valence-electron chi connectivity index (χ3n) is 2.58. The monoisotopic (exact) mass is 215 g/mol. The highest BCUT2D eigenvalue weighted by molar-refractivity contribution is 5.75. The van der Waals surface area contributed by atoms with E-state index in [1.807, 2.05) is 0 Å². The van der Waals surface area contributed by atoms with Crippen molar-refractivity contribution >= 4 is 5.91 Å². The zero-order valence-electron chi connectivity index (χ0n) is 10.1. The Hall–Kier alpha value is -0.570. The number of hydrogen-bond acceptors (Lipinski definition) is 2. The second kappa shape index (κ2) is 9.97. The molecule has 1 amide bonds. The van der Waals surface area contributed by atoms with Crippen molar-refractivity contribution in [2.24, 2.45) is 5.92 Å². The van der Waals surface area contributed by atoms with Gasteiger partial charge in [0.05, 0.1) is 0 Å². The van der Waals surface area contributed by atoms with Crippen LogP contribution in [0.1, 0.15) is 52.4 Å². The Labute approximate surface area is 93.3 Å². The Morgan fingerprint density at radius 2 is 2.00 bits per heavy atom. The lowest BCUT2D eigenvalue weighted by Gasteiger charge is -2.15. The van der Waals surface area contributed by atoms with Gasteiger partial charge >= 0.3 is 0 Å². The molecule has 0 aliphatic heterocycles. The lowest BCUT2D eigenvalue weighted by Crippen LogP contribution is -2.29. The van der Waals surface area contributed by atoms with E-state index >= 15 is 0 Å². The molecule has 0 saturated carbocycles. The molecule has 0 rings (SSSR count). The Kier molecular flexibility index (Phi) is 9.59. The molecule has 0 heterocycles. The number of carbonyl (C=O) groups is 1. The lowest BCUT2D eigenvalue weighted by molar-refractivity contribution is -0.121. The summed E-state index contributed by atoms with van der Waals surface area (Å²) in [6, 6.07) is 0. The maximum absolute atomic E-state index is 11.3. The van der Waals surface area contributed by atoms with Crippen LogP contribution in [0, 0.1) is 5.92 Å². The molecule has 0 aliphatic rings. The van der Waals surface area contributed by atoms with Crippen LogP contribution < -0.4 is 5.32 Å². The van der Waals surface area contributed by atoms with Crippen molar-refractivity contribution in [2.75, 3.05) is 13.2 Å². The predicted octanol–water partition coefficient (Wildman–Crippen LogP) is 2.09. The molecular formula is C12H25NO2. The minimum atomic E-state index is 0.149. The number of hydrogen-bond donors (Lipinski definition) is 2. The number of unbranched alkanes of at least 4 members (excludes halogenated alkanes) is 1. The number of rotatable bonds is 9. The second-order valence-electron chi connectivity index (χ2n) is 4.07. The van der Waals surface area contributed by atoms with Crippen LogP contribution in [0.2, 0.25) is 0 Å². The van der Waals surface area contributed by atoms with Gasteiger partial charge in [0.15, 0.2) is 0 Å². The first-order valence-electron chi connectivity index (χ1n) is 6.12. The average Bonchev–Trinajstić information content (AvgIpc) is 2.23. The molecular weight excluding hydrogens is 190 g/mol. The van der Waals surface area contributed by atoms with Gasteiger partial charge in [-0.05, 0) is 25.2 Å². The van der Waals surface area contributed by atoms with Gasteiger partial charge in [0.1, 0.15) is 0 Å². The highest BCUT2D eigenvalue weighted by Gasteiger charge is 2.08. The van der Waals surface area contributed by atoms with Crippen LogP contribution in [-0.2, 0) is 4.79 Å². The smallest absolute Gasteiger partial charge is 0.220 e. The average molecular weight is 215 g/mol. The third kappa shape index (κ3) is 8.43. The van der Waals surface area contributed by atoms with E-state index in [0.29, 0.717) is 12.3 Å². The van der Waals surface area contributed by atoms with Gasteiger partial charge in [-0.3, -0.25) is 4.79 Å². The van der Waals surface area contributed by atoms with Gasteiger partial charge in [-0.25, -0.2) is 0 Å². The van der Waals surface area contributed by atoms with Crippen molar-refractivity contribution in [1.82, 2.24) is 5.32 Å². The predicted molar refractivity (Wildman–Crippen MR) is 62.6 cm³/mol. The largest absolute Gasteiger partial charge is 0.396 e. The van der Waals surface area contributed by atoms with Gasteiger partial charge in [-0.15, -0.1) is 0 Å². The van der Waals surface area contributed by atoms with Crippen molar-refractivity contribution in [3.05, 3.63) is 0 Å². The van der Waals surface area contributed by atoms with Gasteiger partial charge in [0.2, 0.25) is 5.91 Å². The summed E-state index contributed by atoms with van der Waals surface area (Å²) in [5.41, 5.74) is 0. The van der Waals surface area contributed by atoms with E-state index in [9.17, 15) is 4.79 Å². The van der Waals surface area contributed by atoms with Gasteiger partial charge in [-0.2, -0.15) is 0 Å². The minimum Gasteiger partial charge on any atom is -0.396 e. The van der Waals surface area contributed by atoms with E-state index in [4.69, 9.17) is 5.11 Å². The summed E-state index contributed by atoms with van der Waals surface area (Å²) in [5.74, 6) is 0.585. The van der Waals surface area contributed by atoms with Gasteiger partial charge in [-0.1, -0.05) is 26.7 Å². The normalized spacial score (nSPS) is 12.5. The lowest BCUT2D eigenvalue weighted by atomic mass is 10.0. The van der Waals surface area contributed by atoms with Crippen LogP contribution in [0.5, 0.6) is 0 Å². The molecule has 0 saturated heterocycles. The van der Waals surface area contributed by atoms with Crippen LogP contribution in [-0.4, -0.2) is 24.2 Å². The second-order valence-corrected chi connectivity index (χ2v) is 4.07. The highest BCUT2D eigenvalue weighted by Crippen LogP contribution is 2.09. The Morgan fingerprint density at radius 3 is 2.53 bits per heavy atom. The molecule has 0 fully saturated rings. The summed E-state index contributed by atoms with van der Waals surface area (Å²) in [6.07, 6.45) is 5.63. The summed E-state index contributed by atoms with van der Waals surface area (Å²) in [6.45, 7) is 5.15. The molecule has 2 N–H and O–H groups in total. The van der Waals surface area contributed by atoms with E-state index in [2.05, 4.69) is 19.2 Å². The zero-order valence-corrected chi connectivity index (χ0v) is 10.1. The molecule has 15 heavy (non-hydrogen) atoms. The first kappa shape index (κ1) is 14.4. The topological polar surface area (TPSA) is 49.3 Å². The maximum Gasteiger partial charge on any atom is 0.220 e. The molecule has 0 radical (unpaired) electrons. The van der Waals surface area contributed by atoms with Crippen molar-refractivity contribution in [2.45, 2.75) is 52.4 Å². The van der Waals surface area contributed by atoms with Crippen molar-refractivity contribution in [3.63, 3.8) is 0 Å². The SMILES string of the molecule is CCCCC(=O)NCC(CCC)CCO. The molecule has 1 unspecified atom stereocenters. The quantitative estimate of drug-likeness (QED) is 0.619. The minimum absolute atomic E-state index is 0.149. The number of carbonyl (C=O) groups excluding carboxylic acids is 1. The number of nitrogens with one attached hydrogen (secondary N) is 1. The van der Waals surface area contributed by atoms with E-state index in [0.717, 1.165) is 38.6 Å². The third-order valence-corrected chi connectivity index (χ3v) is 2.58. The van der Waals surface area contributed by atoms with E-state index in [1.165, 1.54) is 0 Å². The fraction of sp³-hybridized carbons (Fsp3) is 0.917. The van der Waals surface area contributed by atoms with E-state index in [-0.39, 0.29) is 12.5 Å². The van der Waals surface area contributed by atoms with Gasteiger partial charge < -0.3 is 10.4 Å². The van der Waals surface area contributed by atoms with Gasteiger partial charge in [0, 0.05) is 19.6 Å². The molecule has 0 aliphatic carbocycles. The molecule has 90 valence electrons. The van der Waals surface area contributed by atoms with Crippen LogP contribution in [0.15, 0.2) is 0 Å². The Balaban J connectivity index is 3.62. The molecule has 3 nitrogen and oxygen atoms in total. The molecule has 0 aromatic rings. The van der Waals surface area contributed by atoms with Crippen LogP contribution in [0.4, 0.5) is 0 Å². The maximum atomic E-state index is 11.3. The molecule has 3 heteroatoms. The summed E-state index contributed by atoms with van der Waals surface area (Å²) in [7, 11) is 0. The van der Waals surface area contributed by atoms with E-state index < -0.39 is 0 Å². The fourth-order valence-electron chi connectivity index (χ4n) is 1.62.